The molecule has 0 bridgehead atoms. The van der Waals surface area contributed by atoms with Crippen molar-refractivity contribution in [3.63, 3.8) is 0 Å². The van der Waals surface area contributed by atoms with Crippen molar-refractivity contribution in [2.75, 3.05) is 29.1 Å². The maximum Gasteiger partial charge on any atom is 0.410 e. The monoisotopic (exact) mass is 571 g/mol. The number of alkyl halides is 2. The molecule has 3 rings (SSSR count). The number of likely N-dealkylation sites (tertiary alicyclic amines) is 1. The second kappa shape index (κ2) is 9.71. The number of ether oxygens (including phenoxy) is 1. The fourth-order valence-electron chi connectivity index (χ4n) is 4.73. The average Bonchev–Trinajstić information content (AvgIpc) is 2.66. The molecule has 7 nitrogen and oxygen atoms in total. The van der Waals surface area contributed by atoms with E-state index in [9.17, 15) is 14.4 Å². The van der Waals surface area contributed by atoms with Crippen LogP contribution in [0.5, 0.6) is 0 Å². The summed E-state index contributed by atoms with van der Waals surface area (Å²) < 4.78 is 5.46. The molecule has 0 radical (unpaired) electrons. The number of nitrogens with one attached hydrogen (secondary N) is 1. The van der Waals surface area contributed by atoms with E-state index in [1.807, 2.05) is 56.9 Å². The van der Waals surface area contributed by atoms with E-state index in [1.54, 1.807) is 4.90 Å². The SMILES string of the molecule is CC(c1ccccc1NC(=O)CBr)N(C(=O)CBr)C1CC2(C1)CN(C(=O)OC(C)(C)C)C2. The van der Waals surface area contributed by atoms with Gasteiger partial charge >= 0.3 is 6.09 Å². The van der Waals surface area contributed by atoms with Gasteiger partial charge in [0.25, 0.3) is 0 Å². The van der Waals surface area contributed by atoms with E-state index in [0.29, 0.717) is 18.8 Å². The van der Waals surface area contributed by atoms with Gasteiger partial charge in [-0.05, 0) is 52.2 Å². The molecule has 2 aliphatic rings. The van der Waals surface area contributed by atoms with E-state index in [4.69, 9.17) is 4.74 Å². The van der Waals surface area contributed by atoms with Gasteiger partial charge in [0.2, 0.25) is 11.8 Å². The largest absolute Gasteiger partial charge is 0.444 e. The van der Waals surface area contributed by atoms with Crippen molar-refractivity contribution in [3.05, 3.63) is 29.8 Å². The second-order valence-corrected chi connectivity index (χ2v) is 10.9. The number of carbonyl (C=O) groups is 3. The normalized spacial score (nSPS) is 18.4. The maximum absolute atomic E-state index is 12.9. The molecule has 32 heavy (non-hydrogen) atoms. The minimum absolute atomic E-state index is 0.0160. The Balaban J connectivity index is 1.68. The van der Waals surface area contributed by atoms with Gasteiger partial charge in [0.1, 0.15) is 5.60 Å². The minimum Gasteiger partial charge on any atom is -0.444 e. The number of carbonyl (C=O) groups excluding carboxylic acids is 3. The Morgan fingerprint density at radius 3 is 2.38 bits per heavy atom. The number of halogens is 2. The first-order chi connectivity index (χ1) is 15.0. The van der Waals surface area contributed by atoms with Gasteiger partial charge in [-0.25, -0.2) is 4.79 Å². The summed E-state index contributed by atoms with van der Waals surface area (Å²) in [7, 11) is 0. The number of hydrogen-bond donors (Lipinski definition) is 1. The van der Waals surface area contributed by atoms with Gasteiger partial charge in [0.05, 0.1) is 16.7 Å². The van der Waals surface area contributed by atoms with Crippen LogP contribution in [0.3, 0.4) is 0 Å². The molecule has 1 unspecified atom stereocenters. The first kappa shape index (κ1) is 25.0. The van der Waals surface area contributed by atoms with Crippen LogP contribution in [-0.2, 0) is 14.3 Å². The molecule has 1 N–H and O–H groups in total. The van der Waals surface area contributed by atoms with Gasteiger partial charge < -0.3 is 19.9 Å². The molecule has 176 valence electrons. The minimum atomic E-state index is -0.506. The summed E-state index contributed by atoms with van der Waals surface area (Å²) in [5.74, 6) is -0.121. The van der Waals surface area contributed by atoms with Crippen LogP contribution >= 0.6 is 31.9 Å². The molecule has 1 spiro atoms. The van der Waals surface area contributed by atoms with E-state index in [1.165, 1.54) is 0 Å². The molecular formula is C23H31Br2N3O4. The maximum atomic E-state index is 12.9. The van der Waals surface area contributed by atoms with Crippen molar-refractivity contribution in [3.8, 4) is 0 Å². The second-order valence-electron chi connectivity index (χ2n) is 9.78. The predicted octanol–water partition coefficient (Wildman–Crippen LogP) is 4.70. The zero-order valence-corrected chi connectivity index (χ0v) is 22.2. The highest BCUT2D eigenvalue weighted by Crippen LogP contribution is 2.52. The Bertz CT molecular complexity index is 872. The van der Waals surface area contributed by atoms with E-state index >= 15 is 0 Å². The van der Waals surface area contributed by atoms with Crippen LogP contribution in [0.2, 0.25) is 0 Å². The first-order valence-corrected chi connectivity index (χ1v) is 13.0. The molecule has 1 aromatic rings. The topological polar surface area (TPSA) is 79.0 Å². The van der Waals surface area contributed by atoms with Crippen LogP contribution in [-0.4, -0.2) is 63.1 Å². The molecule has 3 amide bonds. The summed E-state index contributed by atoms with van der Waals surface area (Å²) in [6.07, 6.45) is 1.43. The summed E-state index contributed by atoms with van der Waals surface area (Å²) in [6.45, 7) is 8.93. The van der Waals surface area contributed by atoms with Gasteiger partial charge in [0, 0.05) is 30.2 Å². The number of hydrogen-bond acceptors (Lipinski definition) is 4. The van der Waals surface area contributed by atoms with Crippen LogP contribution < -0.4 is 5.32 Å². The number of rotatable bonds is 6. The van der Waals surface area contributed by atoms with Gasteiger partial charge in [-0.2, -0.15) is 0 Å². The molecule has 1 heterocycles. The number of nitrogens with zero attached hydrogens (tertiary/aromatic N) is 2. The number of benzene rings is 1. The van der Waals surface area contributed by atoms with Gasteiger partial charge in [-0.1, -0.05) is 50.1 Å². The molecule has 1 saturated heterocycles. The molecular weight excluding hydrogens is 542 g/mol. The van der Waals surface area contributed by atoms with Crippen molar-refractivity contribution in [2.45, 2.75) is 58.2 Å². The Morgan fingerprint density at radius 1 is 1.19 bits per heavy atom. The van der Waals surface area contributed by atoms with Crippen molar-refractivity contribution in [2.24, 2.45) is 5.41 Å². The quantitative estimate of drug-likeness (QED) is 0.501. The molecule has 0 aromatic heterocycles. The summed E-state index contributed by atoms with van der Waals surface area (Å²) in [5, 5.41) is 3.35. The highest BCUT2D eigenvalue weighted by molar-refractivity contribution is 9.09. The first-order valence-electron chi connectivity index (χ1n) is 10.8. The standard InChI is InChI=1S/C23H31Br2N3O4/c1-15(17-7-5-6-8-18(17)26-19(29)11-24)28(20(30)12-25)16-9-23(10-16)13-27(14-23)21(31)32-22(2,3)4/h5-8,15-16H,9-14H2,1-4H3,(H,26,29). The molecule has 1 saturated carbocycles. The molecule has 9 heteroatoms. The van der Waals surface area contributed by atoms with Crippen LogP contribution in [0.25, 0.3) is 0 Å². The highest BCUT2D eigenvalue weighted by atomic mass is 79.9. The number of para-hydroxylation sites is 1. The third kappa shape index (κ3) is 5.47. The lowest BCUT2D eigenvalue weighted by molar-refractivity contribution is -0.149. The highest BCUT2D eigenvalue weighted by Gasteiger charge is 2.56. The van der Waals surface area contributed by atoms with Crippen molar-refractivity contribution in [1.29, 1.82) is 0 Å². The van der Waals surface area contributed by atoms with E-state index in [-0.39, 0.29) is 46.1 Å². The lowest BCUT2D eigenvalue weighted by atomic mass is 9.60. The molecule has 1 aliphatic heterocycles. The molecule has 1 atom stereocenters. The Kier molecular flexibility index (Phi) is 7.59. The van der Waals surface area contributed by atoms with Crippen LogP contribution in [0.15, 0.2) is 24.3 Å². The molecule has 1 aliphatic carbocycles. The fraction of sp³-hybridized carbons (Fsp3) is 0.609. The van der Waals surface area contributed by atoms with Crippen LogP contribution in [0.1, 0.15) is 52.1 Å². The van der Waals surface area contributed by atoms with E-state index in [0.717, 1.165) is 18.4 Å². The lowest BCUT2D eigenvalue weighted by Crippen LogP contribution is -2.68. The van der Waals surface area contributed by atoms with Crippen molar-refractivity contribution < 1.29 is 19.1 Å². The summed E-state index contributed by atoms with van der Waals surface area (Å²) in [5.41, 5.74) is 1.18. The summed E-state index contributed by atoms with van der Waals surface area (Å²) >= 11 is 6.51. The fourth-order valence-corrected chi connectivity index (χ4v) is 5.16. The van der Waals surface area contributed by atoms with Gasteiger partial charge in [0.15, 0.2) is 0 Å². The lowest BCUT2D eigenvalue weighted by Gasteiger charge is -2.61. The summed E-state index contributed by atoms with van der Waals surface area (Å²) in [4.78, 5) is 40.8. The predicted molar refractivity (Wildman–Crippen MR) is 131 cm³/mol. The zero-order valence-electron chi connectivity index (χ0n) is 19.0. The Morgan fingerprint density at radius 2 is 1.81 bits per heavy atom. The third-order valence-electron chi connectivity index (χ3n) is 6.06. The number of amides is 3. The van der Waals surface area contributed by atoms with Crippen molar-refractivity contribution >= 4 is 55.5 Å². The van der Waals surface area contributed by atoms with Gasteiger partial charge in [-0.3, -0.25) is 9.59 Å². The summed E-state index contributed by atoms with van der Waals surface area (Å²) in [6, 6.07) is 7.49. The zero-order chi connectivity index (χ0) is 23.7. The Hall–Kier alpha value is -1.61. The van der Waals surface area contributed by atoms with Crippen LogP contribution in [0, 0.1) is 5.41 Å². The Labute approximate surface area is 206 Å². The number of anilines is 1. The van der Waals surface area contributed by atoms with Crippen molar-refractivity contribution in [1.82, 2.24) is 9.80 Å². The van der Waals surface area contributed by atoms with Crippen LogP contribution in [0.4, 0.5) is 10.5 Å². The average molecular weight is 573 g/mol. The third-order valence-corrected chi connectivity index (χ3v) is 7.05. The van der Waals surface area contributed by atoms with Gasteiger partial charge in [-0.15, -0.1) is 0 Å². The smallest absolute Gasteiger partial charge is 0.410 e. The van der Waals surface area contributed by atoms with E-state index < -0.39 is 5.60 Å². The molecule has 1 aromatic carbocycles. The van der Waals surface area contributed by atoms with E-state index in [2.05, 4.69) is 37.2 Å². The molecule has 2 fully saturated rings.